The number of benzene rings is 2. The van der Waals surface area contributed by atoms with Crippen molar-refractivity contribution in [3.63, 3.8) is 0 Å². The van der Waals surface area contributed by atoms with E-state index >= 15 is 0 Å². The molecule has 0 spiro atoms. The Morgan fingerprint density at radius 1 is 1.28 bits per heavy atom. The third-order valence-corrected chi connectivity index (χ3v) is 5.14. The summed E-state index contributed by atoms with van der Waals surface area (Å²) in [6, 6.07) is 10.6. The molecular weight excluding hydrogens is 431 g/mol. The average molecular weight is 440 g/mol. The van der Waals surface area contributed by atoms with Crippen LogP contribution in [0.25, 0.3) is 0 Å². The highest BCUT2D eigenvalue weighted by Gasteiger charge is 2.06. The summed E-state index contributed by atoms with van der Waals surface area (Å²) < 4.78 is 15.7. The molecular formula is C13H9BrClFIN. The van der Waals surface area contributed by atoms with Gasteiger partial charge in [0.1, 0.15) is 5.82 Å². The highest BCUT2D eigenvalue weighted by atomic mass is 127. The molecule has 1 N–H and O–H groups in total. The molecule has 0 atom stereocenters. The van der Waals surface area contributed by atoms with E-state index in [9.17, 15) is 4.39 Å². The van der Waals surface area contributed by atoms with Crippen LogP contribution >= 0.6 is 50.1 Å². The van der Waals surface area contributed by atoms with Gasteiger partial charge in [-0.1, -0.05) is 17.7 Å². The van der Waals surface area contributed by atoms with Gasteiger partial charge in [-0.25, -0.2) is 4.39 Å². The number of halogens is 4. The van der Waals surface area contributed by atoms with Crippen LogP contribution < -0.4 is 5.32 Å². The van der Waals surface area contributed by atoms with E-state index in [2.05, 4.69) is 43.8 Å². The van der Waals surface area contributed by atoms with Gasteiger partial charge in [-0.05, 0) is 68.9 Å². The quantitative estimate of drug-likeness (QED) is 0.625. The first kappa shape index (κ1) is 14.1. The lowest BCUT2D eigenvalue weighted by atomic mass is 10.2. The fraction of sp³-hybridized carbons (Fsp3) is 0.0769. The summed E-state index contributed by atoms with van der Waals surface area (Å²) in [4.78, 5) is 0. The molecule has 0 aliphatic carbocycles. The molecule has 2 rings (SSSR count). The first-order chi connectivity index (χ1) is 8.58. The van der Waals surface area contributed by atoms with Crippen LogP contribution in [0, 0.1) is 9.39 Å². The molecule has 18 heavy (non-hydrogen) atoms. The van der Waals surface area contributed by atoms with Crippen LogP contribution in [0.2, 0.25) is 5.02 Å². The predicted octanol–water partition coefficient (Wildman–Crippen LogP) is 5.46. The molecule has 1 nitrogen and oxygen atoms in total. The van der Waals surface area contributed by atoms with Crippen LogP contribution in [0.3, 0.4) is 0 Å². The SMILES string of the molecule is Fc1cccc(Cl)c1CNc1ccc(I)c(Br)c1. The van der Waals surface area contributed by atoms with Crippen molar-refractivity contribution in [2.75, 3.05) is 5.32 Å². The van der Waals surface area contributed by atoms with E-state index in [-0.39, 0.29) is 5.82 Å². The van der Waals surface area contributed by atoms with Crippen molar-refractivity contribution in [3.05, 3.63) is 60.8 Å². The van der Waals surface area contributed by atoms with Crippen molar-refractivity contribution in [1.29, 1.82) is 0 Å². The van der Waals surface area contributed by atoms with E-state index in [0.717, 1.165) is 13.7 Å². The van der Waals surface area contributed by atoms with Crippen molar-refractivity contribution in [3.8, 4) is 0 Å². The Morgan fingerprint density at radius 3 is 2.72 bits per heavy atom. The van der Waals surface area contributed by atoms with Gasteiger partial charge in [0.2, 0.25) is 0 Å². The molecule has 0 aliphatic rings. The fourth-order valence-corrected chi connectivity index (χ4v) is 2.44. The molecule has 0 radical (unpaired) electrons. The molecule has 0 aromatic heterocycles. The maximum atomic E-state index is 13.6. The van der Waals surface area contributed by atoms with Gasteiger partial charge in [0.05, 0.1) is 0 Å². The molecule has 5 heteroatoms. The maximum absolute atomic E-state index is 13.6. The second-order valence-electron chi connectivity index (χ2n) is 3.68. The van der Waals surface area contributed by atoms with E-state index in [1.54, 1.807) is 12.1 Å². The van der Waals surface area contributed by atoms with Crippen molar-refractivity contribution < 1.29 is 4.39 Å². The predicted molar refractivity (Wildman–Crippen MR) is 85.6 cm³/mol. The second-order valence-corrected chi connectivity index (χ2v) is 6.11. The summed E-state index contributed by atoms with van der Waals surface area (Å²) in [6.45, 7) is 0.360. The monoisotopic (exact) mass is 439 g/mol. The Bertz CT molecular complexity index is 557. The standard InChI is InChI=1S/C13H9BrClFIN/c14-10-6-8(4-5-13(10)17)18-7-9-11(15)2-1-3-12(9)16/h1-6,18H,7H2. The lowest BCUT2D eigenvalue weighted by Gasteiger charge is -2.10. The fourth-order valence-electron chi connectivity index (χ4n) is 1.50. The van der Waals surface area contributed by atoms with Crippen molar-refractivity contribution in [2.45, 2.75) is 6.54 Å². The van der Waals surface area contributed by atoms with Gasteiger partial charge < -0.3 is 5.32 Å². The van der Waals surface area contributed by atoms with Crippen LogP contribution in [0.4, 0.5) is 10.1 Å². The van der Waals surface area contributed by atoms with Gasteiger partial charge >= 0.3 is 0 Å². The van der Waals surface area contributed by atoms with Gasteiger partial charge in [-0.15, -0.1) is 0 Å². The van der Waals surface area contributed by atoms with Gasteiger partial charge in [-0.3, -0.25) is 0 Å². The second kappa shape index (κ2) is 6.21. The Hall–Kier alpha value is -0.330. The highest BCUT2D eigenvalue weighted by Crippen LogP contribution is 2.24. The number of anilines is 1. The first-order valence-electron chi connectivity index (χ1n) is 5.20. The van der Waals surface area contributed by atoms with Crippen LogP contribution in [0.15, 0.2) is 40.9 Å². The summed E-state index contributed by atoms with van der Waals surface area (Å²) in [7, 11) is 0. The molecule has 0 unspecified atom stereocenters. The zero-order valence-electron chi connectivity index (χ0n) is 9.18. The van der Waals surface area contributed by atoms with Gasteiger partial charge in [-0.2, -0.15) is 0 Å². The van der Waals surface area contributed by atoms with Crippen molar-refractivity contribution in [2.24, 2.45) is 0 Å². The summed E-state index contributed by atoms with van der Waals surface area (Å²) in [5.41, 5.74) is 1.40. The third kappa shape index (κ3) is 3.36. The molecule has 0 fully saturated rings. The normalized spacial score (nSPS) is 10.4. The summed E-state index contributed by atoms with van der Waals surface area (Å²) in [6.07, 6.45) is 0. The van der Waals surface area contributed by atoms with Crippen LogP contribution in [0.1, 0.15) is 5.56 Å². The summed E-state index contributed by atoms with van der Waals surface area (Å²) in [5, 5.41) is 3.59. The Kier molecular flexibility index (Phi) is 4.86. The van der Waals surface area contributed by atoms with Gasteiger partial charge in [0.15, 0.2) is 0 Å². The smallest absolute Gasteiger partial charge is 0.129 e. The Morgan fingerprint density at radius 2 is 2.06 bits per heavy atom. The van der Waals surface area contributed by atoms with E-state index in [1.165, 1.54) is 6.07 Å². The minimum absolute atomic E-state index is 0.292. The number of nitrogens with one attached hydrogen (secondary N) is 1. The third-order valence-electron chi connectivity index (χ3n) is 2.45. The number of rotatable bonds is 3. The average Bonchev–Trinajstić information content (AvgIpc) is 2.33. The molecule has 0 bridgehead atoms. The van der Waals surface area contributed by atoms with Gasteiger partial charge in [0.25, 0.3) is 0 Å². The lowest BCUT2D eigenvalue weighted by molar-refractivity contribution is 0.613. The molecule has 0 aliphatic heterocycles. The van der Waals surface area contributed by atoms with Crippen LogP contribution in [0.5, 0.6) is 0 Å². The summed E-state index contributed by atoms with van der Waals surface area (Å²) in [5.74, 6) is -0.292. The molecule has 0 amide bonds. The van der Waals surface area contributed by atoms with Crippen molar-refractivity contribution >= 4 is 55.8 Å². The van der Waals surface area contributed by atoms with Crippen molar-refractivity contribution in [1.82, 2.24) is 0 Å². The van der Waals surface area contributed by atoms with E-state index in [0.29, 0.717) is 17.1 Å². The molecule has 2 aromatic rings. The number of hydrogen-bond donors (Lipinski definition) is 1. The largest absolute Gasteiger partial charge is 0.381 e. The Balaban J connectivity index is 2.14. The highest BCUT2D eigenvalue weighted by molar-refractivity contribution is 14.1. The zero-order chi connectivity index (χ0) is 13.1. The molecule has 94 valence electrons. The first-order valence-corrected chi connectivity index (χ1v) is 7.44. The summed E-state index contributed by atoms with van der Waals surface area (Å²) >= 11 is 11.7. The minimum atomic E-state index is -0.292. The topological polar surface area (TPSA) is 12.0 Å². The molecule has 0 saturated heterocycles. The van der Waals surface area contributed by atoms with E-state index < -0.39 is 0 Å². The molecule has 0 heterocycles. The van der Waals surface area contributed by atoms with Crippen LogP contribution in [-0.4, -0.2) is 0 Å². The lowest BCUT2D eigenvalue weighted by Crippen LogP contribution is -2.02. The molecule has 0 saturated carbocycles. The molecule has 2 aromatic carbocycles. The number of hydrogen-bond acceptors (Lipinski definition) is 1. The zero-order valence-corrected chi connectivity index (χ0v) is 13.7. The van der Waals surface area contributed by atoms with E-state index in [1.807, 2.05) is 18.2 Å². The Labute approximate surface area is 132 Å². The van der Waals surface area contributed by atoms with Gasteiger partial charge in [0, 0.05) is 30.9 Å². The minimum Gasteiger partial charge on any atom is -0.381 e. The van der Waals surface area contributed by atoms with E-state index in [4.69, 9.17) is 11.6 Å². The maximum Gasteiger partial charge on any atom is 0.129 e. The van der Waals surface area contributed by atoms with Crippen LogP contribution in [-0.2, 0) is 6.54 Å².